The number of nitrogens with one attached hydrogen (secondary N) is 2. The zero-order chi connectivity index (χ0) is 32.2. The molecule has 4 N–H and O–H groups in total. The van der Waals surface area contributed by atoms with Crippen LogP contribution in [0.2, 0.25) is 0 Å². The van der Waals surface area contributed by atoms with E-state index in [1.165, 1.54) is 0 Å². The van der Waals surface area contributed by atoms with Crippen LogP contribution in [0.25, 0.3) is 22.8 Å². The van der Waals surface area contributed by atoms with Gasteiger partial charge in [-0.2, -0.15) is 10.2 Å². The lowest BCUT2D eigenvalue weighted by molar-refractivity contribution is 0.0508. The first-order chi connectivity index (χ1) is 21.7. The Balaban J connectivity index is 0.000000182. The highest BCUT2D eigenvalue weighted by Crippen LogP contribution is 2.35. The fraction of sp³-hybridized carbons (Fsp3) is 0.414. The first kappa shape index (κ1) is 31.0. The maximum absolute atomic E-state index is 12.1. The van der Waals surface area contributed by atoms with Crippen molar-refractivity contribution in [3.63, 3.8) is 0 Å². The van der Waals surface area contributed by atoms with Crippen molar-refractivity contribution in [2.24, 2.45) is 14.1 Å². The standard InChI is InChI=1S/C16H20N6O3.C13H15N5O2/c1-4-17-16(24)20-15-18-8-9-6-7-10-12(14(23)25-5-2)21-22(3)13(10)11(9)19-15;1-3-20-12(19)10-8-5-4-7-6-15-13(14)16-9(7)11(8)18(2)17-10/h8H,4-7H2,1-3H3,(H2,17,18,19,20,24);6H,3-5H2,1-2H3,(H2,14,15,16). The van der Waals surface area contributed by atoms with E-state index >= 15 is 0 Å². The zero-order valence-electron chi connectivity index (χ0n) is 25.8. The van der Waals surface area contributed by atoms with E-state index in [4.69, 9.17) is 15.2 Å². The zero-order valence-corrected chi connectivity index (χ0v) is 25.8. The minimum atomic E-state index is -0.433. The summed E-state index contributed by atoms with van der Waals surface area (Å²) in [6.07, 6.45) is 6.28. The van der Waals surface area contributed by atoms with Crippen LogP contribution in [0.1, 0.15) is 64.0 Å². The molecule has 45 heavy (non-hydrogen) atoms. The Bertz CT molecular complexity index is 1780. The molecule has 6 rings (SSSR count). The number of nitrogen functional groups attached to an aromatic ring is 1. The van der Waals surface area contributed by atoms with Crippen LogP contribution in [0.5, 0.6) is 0 Å². The van der Waals surface area contributed by atoms with Gasteiger partial charge in [0.2, 0.25) is 11.9 Å². The lowest BCUT2D eigenvalue weighted by Gasteiger charge is -2.17. The number of nitrogens with two attached hydrogens (primary N) is 1. The van der Waals surface area contributed by atoms with Crippen molar-refractivity contribution in [2.75, 3.05) is 30.8 Å². The SMILES string of the molecule is CCNC(=O)Nc1ncc2c(n1)-c1c(c(C(=O)OCC)nn1C)CC2.CCOC(=O)c1nn(C)c2c1CCc1cnc(N)nc1-2. The number of aryl methyl sites for hydroxylation is 4. The molecule has 16 heteroatoms. The molecule has 4 heterocycles. The van der Waals surface area contributed by atoms with Gasteiger partial charge in [0.15, 0.2) is 11.4 Å². The second-order valence-electron chi connectivity index (χ2n) is 10.2. The van der Waals surface area contributed by atoms with E-state index in [2.05, 4.69) is 40.8 Å². The summed E-state index contributed by atoms with van der Waals surface area (Å²) in [4.78, 5) is 52.7. The van der Waals surface area contributed by atoms with Crippen LogP contribution in [0.4, 0.5) is 16.7 Å². The highest BCUT2D eigenvalue weighted by Gasteiger charge is 2.30. The second kappa shape index (κ2) is 13.1. The topological polar surface area (TPSA) is 207 Å². The number of aromatic nitrogens is 8. The summed E-state index contributed by atoms with van der Waals surface area (Å²) in [7, 11) is 3.55. The quantitative estimate of drug-likeness (QED) is 0.266. The van der Waals surface area contributed by atoms with Gasteiger partial charge in [0.1, 0.15) is 0 Å². The van der Waals surface area contributed by atoms with E-state index in [0.717, 1.165) is 52.2 Å². The number of hydrogen-bond donors (Lipinski definition) is 3. The number of carbonyl (C=O) groups is 3. The summed E-state index contributed by atoms with van der Waals surface area (Å²) in [6.45, 7) is 6.49. The molecule has 0 aromatic carbocycles. The Morgan fingerprint density at radius 1 is 0.800 bits per heavy atom. The number of ether oxygens (including phenoxy) is 2. The maximum Gasteiger partial charge on any atom is 0.359 e. The molecule has 0 atom stereocenters. The molecular formula is C29H35N11O5. The smallest absolute Gasteiger partial charge is 0.359 e. The molecule has 236 valence electrons. The van der Waals surface area contributed by atoms with Gasteiger partial charge in [-0.1, -0.05) is 0 Å². The summed E-state index contributed by atoms with van der Waals surface area (Å²) >= 11 is 0. The molecule has 2 amide bonds. The number of rotatable bonds is 6. The van der Waals surface area contributed by atoms with Crippen molar-refractivity contribution < 1.29 is 23.9 Å². The molecule has 0 aliphatic heterocycles. The van der Waals surface area contributed by atoms with Crippen LogP contribution >= 0.6 is 0 Å². The number of esters is 2. The van der Waals surface area contributed by atoms with E-state index in [-0.39, 0.29) is 17.9 Å². The summed E-state index contributed by atoms with van der Waals surface area (Å²) in [5, 5.41) is 13.8. The number of carbonyl (C=O) groups excluding carboxylic acids is 3. The average molecular weight is 618 g/mol. The number of anilines is 2. The molecular weight excluding hydrogens is 582 g/mol. The third-order valence-corrected chi connectivity index (χ3v) is 7.28. The lowest BCUT2D eigenvalue weighted by Crippen LogP contribution is -2.29. The minimum absolute atomic E-state index is 0.205. The number of nitrogens with zero attached hydrogens (tertiary/aromatic N) is 8. The van der Waals surface area contributed by atoms with E-state index < -0.39 is 11.9 Å². The Kier molecular flexibility index (Phi) is 9.01. The average Bonchev–Trinajstić information content (AvgIpc) is 3.55. The highest BCUT2D eigenvalue weighted by atomic mass is 16.5. The van der Waals surface area contributed by atoms with E-state index in [9.17, 15) is 14.4 Å². The first-order valence-corrected chi connectivity index (χ1v) is 14.6. The largest absolute Gasteiger partial charge is 0.461 e. The lowest BCUT2D eigenvalue weighted by atomic mass is 9.93. The van der Waals surface area contributed by atoms with Crippen molar-refractivity contribution >= 4 is 29.9 Å². The Labute approximate surface area is 258 Å². The summed E-state index contributed by atoms with van der Waals surface area (Å²) in [5.41, 5.74) is 13.0. The fourth-order valence-corrected chi connectivity index (χ4v) is 5.42. The Hall–Kier alpha value is -5.41. The third-order valence-electron chi connectivity index (χ3n) is 7.28. The molecule has 0 saturated heterocycles. The molecule has 2 aliphatic rings. The van der Waals surface area contributed by atoms with Crippen LogP contribution in [0, 0.1) is 0 Å². The molecule has 0 radical (unpaired) electrons. The second-order valence-corrected chi connectivity index (χ2v) is 10.2. The Morgan fingerprint density at radius 2 is 1.31 bits per heavy atom. The number of amides is 2. The summed E-state index contributed by atoms with van der Waals surface area (Å²) in [5.74, 6) is -0.403. The summed E-state index contributed by atoms with van der Waals surface area (Å²) in [6, 6.07) is -0.365. The number of urea groups is 1. The van der Waals surface area contributed by atoms with Crippen molar-refractivity contribution in [3.05, 3.63) is 46.0 Å². The minimum Gasteiger partial charge on any atom is -0.461 e. The molecule has 0 unspecified atom stereocenters. The molecule has 4 aromatic heterocycles. The molecule has 2 aliphatic carbocycles. The van der Waals surface area contributed by atoms with Gasteiger partial charge in [-0.3, -0.25) is 14.7 Å². The normalized spacial score (nSPS) is 12.4. The highest BCUT2D eigenvalue weighted by molar-refractivity contribution is 5.93. The van der Waals surface area contributed by atoms with Crippen molar-refractivity contribution in [1.82, 2.24) is 44.8 Å². The third kappa shape index (κ3) is 6.16. The van der Waals surface area contributed by atoms with E-state index in [1.54, 1.807) is 49.7 Å². The van der Waals surface area contributed by atoms with Crippen molar-refractivity contribution in [2.45, 2.75) is 46.5 Å². The van der Waals surface area contributed by atoms with Crippen LogP contribution in [0.15, 0.2) is 12.4 Å². The van der Waals surface area contributed by atoms with E-state index in [0.29, 0.717) is 49.7 Å². The van der Waals surface area contributed by atoms with Gasteiger partial charge in [0.25, 0.3) is 0 Å². The Morgan fingerprint density at radius 3 is 1.82 bits per heavy atom. The van der Waals surface area contributed by atoms with Gasteiger partial charge in [-0.05, 0) is 57.6 Å². The van der Waals surface area contributed by atoms with Crippen LogP contribution in [0.3, 0.4) is 0 Å². The van der Waals surface area contributed by atoms with Gasteiger partial charge < -0.3 is 20.5 Å². The fourth-order valence-electron chi connectivity index (χ4n) is 5.42. The van der Waals surface area contributed by atoms with E-state index in [1.807, 2.05) is 6.92 Å². The van der Waals surface area contributed by atoms with Crippen LogP contribution in [-0.4, -0.2) is 77.2 Å². The van der Waals surface area contributed by atoms with Crippen LogP contribution in [-0.2, 0) is 49.3 Å². The summed E-state index contributed by atoms with van der Waals surface area (Å²) < 4.78 is 13.4. The first-order valence-electron chi connectivity index (χ1n) is 14.6. The molecule has 0 spiro atoms. The van der Waals surface area contributed by atoms with Gasteiger partial charge in [0, 0.05) is 44.2 Å². The molecule has 0 saturated carbocycles. The van der Waals surface area contributed by atoms with Gasteiger partial charge in [-0.15, -0.1) is 0 Å². The maximum atomic E-state index is 12.1. The number of fused-ring (bicyclic) bond motifs is 6. The van der Waals surface area contributed by atoms with Gasteiger partial charge in [0.05, 0.1) is 36.0 Å². The van der Waals surface area contributed by atoms with Gasteiger partial charge in [-0.25, -0.2) is 34.3 Å². The molecule has 4 aromatic rings. The van der Waals surface area contributed by atoms with Crippen molar-refractivity contribution in [3.8, 4) is 22.8 Å². The monoisotopic (exact) mass is 617 g/mol. The predicted molar refractivity (Wildman–Crippen MR) is 162 cm³/mol. The molecule has 0 bridgehead atoms. The van der Waals surface area contributed by atoms with Crippen LogP contribution < -0.4 is 16.4 Å². The van der Waals surface area contributed by atoms with Crippen molar-refractivity contribution in [1.29, 1.82) is 0 Å². The molecule has 16 nitrogen and oxygen atoms in total. The number of hydrogen-bond acceptors (Lipinski definition) is 12. The predicted octanol–water partition coefficient (Wildman–Crippen LogP) is 2.03. The van der Waals surface area contributed by atoms with Gasteiger partial charge >= 0.3 is 18.0 Å². The molecule has 0 fully saturated rings.